The molecule has 15 heavy (non-hydrogen) atoms. The fourth-order valence-electron chi connectivity index (χ4n) is 2.03. The van der Waals surface area contributed by atoms with Crippen LogP contribution in [-0.2, 0) is 0 Å². The minimum atomic E-state index is 0. The number of rotatable bonds is 9. The van der Waals surface area contributed by atoms with Gasteiger partial charge in [0.15, 0.2) is 0 Å². The van der Waals surface area contributed by atoms with Gasteiger partial charge in [-0.2, -0.15) is 0 Å². The van der Waals surface area contributed by atoms with E-state index >= 15 is 0 Å². The van der Waals surface area contributed by atoms with Gasteiger partial charge in [-0.1, -0.05) is 79.1 Å². The zero-order chi connectivity index (χ0) is 10.8. The van der Waals surface area contributed by atoms with Crippen LogP contribution >= 0.6 is 0 Å². The molecule has 0 fully saturated rings. The molecule has 0 aromatic rings. The Morgan fingerprint density at radius 3 is 1.80 bits per heavy atom. The second-order valence-corrected chi connectivity index (χ2v) is 5.09. The summed E-state index contributed by atoms with van der Waals surface area (Å²) in [5.74, 6) is 1.91. The molecule has 0 amide bonds. The Kier molecular flexibility index (Phi) is 16.0. The number of hydrogen-bond acceptors (Lipinski definition) is 0. The Labute approximate surface area is 120 Å². The van der Waals surface area contributed by atoms with Crippen molar-refractivity contribution in [2.24, 2.45) is 11.8 Å². The van der Waals surface area contributed by atoms with Gasteiger partial charge in [0.25, 0.3) is 0 Å². The normalized spacial score (nSPS) is 12.6. The van der Waals surface area contributed by atoms with Crippen LogP contribution in [0.15, 0.2) is 0 Å². The Morgan fingerprint density at radius 2 is 1.33 bits per heavy atom. The largest absolute Gasteiger partial charge is 0.0654 e. The van der Waals surface area contributed by atoms with E-state index in [0.717, 1.165) is 11.8 Å². The first-order chi connectivity index (χ1) is 6.70. The molecule has 1 unspecified atom stereocenters. The summed E-state index contributed by atoms with van der Waals surface area (Å²) in [6.07, 6.45) is 11.5. The molecule has 0 aliphatic carbocycles. The van der Waals surface area contributed by atoms with E-state index in [-0.39, 0.29) is 29.6 Å². The number of hydrogen-bond donors (Lipinski definition) is 0. The third kappa shape index (κ3) is 12.9. The molecule has 87 valence electrons. The molecule has 0 aliphatic heterocycles. The fraction of sp³-hybridized carbons (Fsp3) is 1.00. The molecule has 0 heterocycles. The Hall–Kier alpha value is 1.00. The van der Waals surface area contributed by atoms with Crippen LogP contribution in [0, 0.1) is 11.8 Å². The van der Waals surface area contributed by atoms with E-state index in [1.807, 2.05) is 0 Å². The smallest absolute Gasteiger partial charge is 0 e. The van der Waals surface area contributed by atoms with Crippen LogP contribution in [0.5, 0.6) is 0 Å². The maximum Gasteiger partial charge on any atom is 0 e. The Morgan fingerprint density at radius 1 is 0.800 bits per heavy atom. The predicted molar refractivity (Wildman–Crippen MR) is 72.4 cm³/mol. The second-order valence-electron chi connectivity index (χ2n) is 5.09. The molecule has 0 N–H and O–H groups in total. The molecule has 0 aromatic heterocycles. The van der Waals surface area contributed by atoms with E-state index < -0.39 is 0 Å². The molecule has 1 heteroatoms. The molecular formula is C14H30Na. The average molecular weight is 221 g/mol. The van der Waals surface area contributed by atoms with E-state index in [2.05, 4.69) is 27.7 Å². The monoisotopic (exact) mass is 221 g/mol. The van der Waals surface area contributed by atoms with Crippen molar-refractivity contribution < 1.29 is 0 Å². The topological polar surface area (TPSA) is 0 Å². The molecule has 0 aromatic carbocycles. The van der Waals surface area contributed by atoms with Gasteiger partial charge in [0, 0.05) is 29.6 Å². The molecule has 0 aliphatic rings. The third-order valence-corrected chi connectivity index (χ3v) is 3.19. The van der Waals surface area contributed by atoms with Gasteiger partial charge in [-0.15, -0.1) is 0 Å². The molecule has 0 saturated heterocycles. The van der Waals surface area contributed by atoms with Gasteiger partial charge in [-0.25, -0.2) is 0 Å². The van der Waals surface area contributed by atoms with E-state index in [9.17, 15) is 0 Å². The van der Waals surface area contributed by atoms with Crippen LogP contribution in [0.4, 0.5) is 0 Å². The van der Waals surface area contributed by atoms with Crippen molar-refractivity contribution in [1.82, 2.24) is 0 Å². The van der Waals surface area contributed by atoms with Crippen LogP contribution < -0.4 is 0 Å². The molecule has 1 atom stereocenters. The minimum Gasteiger partial charge on any atom is -0.0654 e. The maximum atomic E-state index is 2.35. The fourth-order valence-corrected chi connectivity index (χ4v) is 2.03. The summed E-state index contributed by atoms with van der Waals surface area (Å²) in [5, 5.41) is 0. The maximum absolute atomic E-state index is 2.35. The van der Waals surface area contributed by atoms with E-state index in [4.69, 9.17) is 0 Å². The summed E-state index contributed by atoms with van der Waals surface area (Å²) in [6, 6.07) is 0. The standard InChI is InChI=1S/C14H30.Na/c1-5-7-11-14(6-2)12-9-8-10-13(3)4;/h13-14H,5-12H2,1-4H3;. The Balaban J connectivity index is 0. The first-order valence-electron chi connectivity index (χ1n) is 6.70. The molecule has 1 radical (unpaired) electrons. The van der Waals surface area contributed by atoms with Crippen molar-refractivity contribution in [3.05, 3.63) is 0 Å². The second kappa shape index (κ2) is 13.1. The van der Waals surface area contributed by atoms with Crippen LogP contribution in [0.3, 0.4) is 0 Å². The number of unbranched alkanes of at least 4 members (excludes halogenated alkanes) is 2. The van der Waals surface area contributed by atoms with E-state index in [1.165, 1.54) is 51.4 Å². The van der Waals surface area contributed by atoms with Crippen LogP contribution in [0.1, 0.15) is 79.1 Å². The summed E-state index contributed by atoms with van der Waals surface area (Å²) in [4.78, 5) is 0. The molecule has 0 nitrogen and oxygen atoms in total. The first-order valence-corrected chi connectivity index (χ1v) is 6.70. The zero-order valence-corrected chi connectivity index (χ0v) is 13.8. The van der Waals surface area contributed by atoms with Crippen molar-refractivity contribution >= 4 is 29.6 Å². The first kappa shape index (κ1) is 18.4. The van der Waals surface area contributed by atoms with Crippen LogP contribution in [0.25, 0.3) is 0 Å². The Bertz CT molecular complexity index is 110. The van der Waals surface area contributed by atoms with Gasteiger partial charge in [-0.05, 0) is 11.8 Å². The van der Waals surface area contributed by atoms with Crippen molar-refractivity contribution in [2.75, 3.05) is 0 Å². The molecular weight excluding hydrogens is 191 g/mol. The average Bonchev–Trinajstić information content (AvgIpc) is 2.16. The van der Waals surface area contributed by atoms with E-state index in [0.29, 0.717) is 0 Å². The molecule has 0 spiro atoms. The van der Waals surface area contributed by atoms with E-state index in [1.54, 1.807) is 0 Å². The molecule has 0 bridgehead atoms. The zero-order valence-electron chi connectivity index (χ0n) is 11.8. The third-order valence-electron chi connectivity index (χ3n) is 3.19. The summed E-state index contributed by atoms with van der Waals surface area (Å²) in [5.41, 5.74) is 0. The van der Waals surface area contributed by atoms with Crippen molar-refractivity contribution in [3.63, 3.8) is 0 Å². The van der Waals surface area contributed by atoms with Crippen LogP contribution in [-0.4, -0.2) is 29.6 Å². The summed E-state index contributed by atoms with van der Waals surface area (Å²) in [7, 11) is 0. The van der Waals surface area contributed by atoms with Gasteiger partial charge >= 0.3 is 0 Å². The molecule has 0 rings (SSSR count). The van der Waals surface area contributed by atoms with Crippen LogP contribution in [0.2, 0.25) is 0 Å². The summed E-state index contributed by atoms with van der Waals surface area (Å²) >= 11 is 0. The van der Waals surface area contributed by atoms with Gasteiger partial charge in [0.1, 0.15) is 0 Å². The molecule has 0 saturated carbocycles. The van der Waals surface area contributed by atoms with Gasteiger partial charge in [-0.3, -0.25) is 0 Å². The van der Waals surface area contributed by atoms with Crippen molar-refractivity contribution in [1.29, 1.82) is 0 Å². The minimum absolute atomic E-state index is 0. The van der Waals surface area contributed by atoms with Gasteiger partial charge in [0.05, 0.1) is 0 Å². The SMILES string of the molecule is CCCCC(CC)CCCCC(C)C.[Na]. The predicted octanol–water partition coefficient (Wildman–Crippen LogP) is 5.04. The van der Waals surface area contributed by atoms with Crippen molar-refractivity contribution in [3.8, 4) is 0 Å². The summed E-state index contributed by atoms with van der Waals surface area (Å²) in [6.45, 7) is 9.30. The van der Waals surface area contributed by atoms with Gasteiger partial charge in [0.2, 0.25) is 0 Å². The van der Waals surface area contributed by atoms with Crippen molar-refractivity contribution in [2.45, 2.75) is 79.1 Å². The summed E-state index contributed by atoms with van der Waals surface area (Å²) < 4.78 is 0. The quantitative estimate of drug-likeness (QED) is 0.378. The van der Waals surface area contributed by atoms with Gasteiger partial charge < -0.3 is 0 Å².